The van der Waals surface area contributed by atoms with Gasteiger partial charge in [-0.25, -0.2) is 0 Å². The van der Waals surface area contributed by atoms with Crippen LogP contribution in [-0.2, 0) is 16.0 Å². The number of nitrogens with one attached hydrogen (secondary N) is 1. The third-order valence-electron chi connectivity index (χ3n) is 1.91. The molecule has 0 unspecified atom stereocenters. The van der Waals surface area contributed by atoms with Gasteiger partial charge in [0.25, 0.3) is 0 Å². The summed E-state index contributed by atoms with van der Waals surface area (Å²) in [6.07, 6.45) is 1.89. The molecule has 1 rings (SSSR count). The van der Waals surface area contributed by atoms with E-state index in [1.807, 2.05) is 0 Å². The summed E-state index contributed by atoms with van der Waals surface area (Å²) < 4.78 is 0. The standard InChI is InChI=1S/C10H13N3O3.2ClH/c11-8(10(16)13-6-9(14)15)5-7-3-1-2-4-12-7;;/h1-4,8H,5-6,11H2,(H,13,16)(H,14,15);2*1H/t8-;;/m0../s1. The first kappa shape index (κ1) is 19.0. The molecule has 1 atom stereocenters. The van der Waals surface area contributed by atoms with Gasteiger partial charge < -0.3 is 16.2 Å². The first-order valence-corrected chi connectivity index (χ1v) is 4.74. The zero-order chi connectivity index (χ0) is 12.0. The predicted molar refractivity (Wildman–Crippen MR) is 71.1 cm³/mol. The molecule has 0 aliphatic carbocycles. The Kier molecular flexibility index (Phi) is 10.2. The van der Waals surface area contributed by atoms with Crippen LogP contribution < -0.4 is 11.1 Å². The molecule has 0 aliphatic rings. The van der Waals surface area contributed by atoms with Gasteiger partial charge >= 0.3 is 5.97 Å². The molecule has 102 valence electrons. The van der Waals surface area contributed by atoms with Crippen molar-refractivity contribution in [3.8, 4) is 0 Å². The van der Waals surface area contributed by atoms with E-state index in [0.29, 0.717) is 5.69 Å². The molecule has 0 spiro atoms. The molecule has 6 nitrogen and oxygen atoms in total. The normalized spacial score (nSPS) is 10.5. The lowest BCUT2D eigenvalue weighted by molar-refractivity contribution is -0.138. The van der Waals surface area contributed by atoms with E-state index in [9.17, 15) is 9.59 Å². The number of hydrogen-bond donors (Lipinski definition) is 3. The molecular weight excluding hydrogens is 281 g/mol. The number of carbonyl (C=O) groups excluding carboxylic acids is 1. The second kappa shape index (κ2) is 9.64. The number of nitrogens with zero attached hydrogens (tertiary/aromatic N) is 1. The van der Waals surface area contributed by atoms with Gasteiger partial charge in [-0.15, -0.1) is 24.8 Å². The number of aliphatic carboxylic acids is 1. The van der Waals surface area contributed by atoms with Crippen molar-refractivity contribution in [2.24, 2.45) is 5.73 Å². The van der Waals surface area contributed by atoms with Gasteiger partial charge in [-0.1, -0.05) is 6.07 Å². The van der Waals surface area contributed by atoms with E-state index in [1.165, 1.54) is 0 Å². The van der Waals surface area contributed by atoms with Crippen LogP contribution in [0.1, 0.15) is 5.69 Å². The number of halogens is 2. The summed E-state index contributed by atoms with van der Waals surface area (Å²) in [5.74, 6) is -1.59. The van der Waals surface area contributed by atoms with Crippen molar-refractivity contribution in [3.63, 3.8) is 0 Å². The lowest BCUT2D eigenvalue weighted by atomic mass is 10.1. The lowest BCUT2D eigenvalue weighted by Gasteiger charge is -2.10. The first-order chi connectivity index (χ1) is 7.59. The van der Waals surface area contributed by atoms with Crippen molar-refractivity contribution in [1.82, 2.24) is 10.3 Å². The Morgan fingerprint density at radius 2 is 2.06 bits per heavy atom. The largest absolute Gasteiger partial charge is 0.480 e. The maximum atomic E-state index is 11.3. The molecule has 0 aromatic carbocycles. The molecule has 1 aromatic rings. The minimum atomic E-state index is -1.10. The van der Waals surface area contributed by atoms with E-state index < -0.39 is 24.5 Å². The number of nitrogens with two attached hydrogens (primary N) is 1. The number of amides is 1. The molecule has 0 bridgehead atoms. The van der Waals surface area contributed by atoms with Crippen molar-refractivity contribution in [2.45, 2.75) is 12.5 Å². The molecule has 4 N–H and O–H groups in total. The summed E-state index contributed by atoms with van der Waals surface area (Å²) in [7, 11) is 0. The fraction of sp³-hybridized carbons (Fsp3) is 0.300. The number of pyridine rings is 1. The fourth-order valence-electron chi connectivity index (χ4n) is 1.13. The molecule has 1 heterocycles. The van der Waals surface area contributed by atoms with Gasteiger partial charge in [0.05, 0.1) is 6.04 Å². The summed E-state index contributed by atoms with van der Waals surface area (Å²) in [5, 5.41) is 10.6. The average molecular weight is 296 g/mol. The van der Waals surface area contributed by atoms with Crippen LogP contribution in [0.2, 0.25) is 0 Å². The zero-order valence-electron chi connectivity index (χ0n) is 9.41. The van der Waals surface area contributed by atoms with Crippen LogP contribution in [0, 0.1) is 0 Å². The summed E-state index contributed by atoms with van der Waals surface area (Å²) in [6.45, 7) is -0.422. The van der Waals surface area contributed by atoms with Gasteiger partial charge in [0.1, 0.15) is 6.54 Å². The molecule has 1 aromatic heterocycles. The Labute approximate surface area is 117 Å². The smallest absolute Gasteiger partial charge is 0.322 e. The SMILES string of the molecule is Cl.Cl.N[C@@H](Cc1ccccn1)C(=O)NCC(=O)O. The maximum absolute atomic E-state index is 11.3. The van der Waals surface area contributed by atoms with Crippen LogP contribution in [0.4, 0.5) is 0 Å². The summed E-state index contributed by atoms with van der Waals surface area (Å²) in [5.41, 5.74) is 6.29. The Morgan fingerprint density at radius 3 is 2.56 bits per heavy atom. The van der Waals surface area contributed by atoms with Crippen LogP contribution in [0.25, 0.3) is 0 Å². The quantitative estimate of drug-likeness (QED) is 0.709. The number of aromatic nitrogens is 1. The highest BCUT2D eigenvalue weighted by atomic mass is 35.5. The summed E-state index contributed by atoms with van der Waals surface area (Å²) in [6, 6.07) is 4.53. The van der Waals surface area contributed by atoms with E-state index in [2.05, 4.69) is 10.3 Å². The number of hydrogen-bond acceptors (Lipinski definition) is 4. The second-order valence-corrected chi connectivity index (χ2v) is 3.24. The second-order valence-electron chi connectivity index (χ2n) is 3.24. The maximum Gasteiger partial charge on any atom is 0.322 e. The van der Waals surface area contributed by atoms with Crippen molar-refractivity contribution >= 4 is 36.7 Å². The molecule has 1 amide bonds. The third-order valence-corrected chi connectivity index (χ3v) is 1.91. The van der Waals surface area contributed by atoms with Gasteiger partial charge in [-0.05, 0) is 12.1 Å². The Morgan fingerprint density at radius 1 is 1.39 bits per heavy atom. The predicted octanol–water partition coefficient (Wildman–Crippen LogP) is -0.00420. The van der Waals surface area contributed by atoms with E-state index in [4.69, 9.17) is 10.8 Å². The zero-order valence-corrected chi connectivity index (χ0v) is 11.0. The molecule has 0 radical (unpaired) electrons. The van der Waals surface area contributed by atoms with E-state index in [1.54, 1.807) is 24.4 Å². The molecule has 0 fully saturated rings. The van der Waals surface area contributed by atoms with Gasteiger partial charge in [-0.3, -0.25) is 14.6 Å². The van der Waals surface area contributed by atoms with Crippen LogP contribution in [0.15, 0.2) is 24.4 Å². The minimum absolute atomic E-state index is 0. The highest BCUT2D eigenvalue weighted by Crippen LogP contribution is 1.97. The van der Waals surface area contributed by atoms with Crippen molar-refractivity contribution in [3.05, 3.63) is 30.1 Å². The highest BCUT2D eigenvalue weighted by Gasteiger charge is 2.14. The lowest BCUT2D eigenvalue weighted by Crippen LogP contribution is -2.43. The number of carboxylic acid groups (broad SMARTS) is 1. The molecule has 0 aliphatic heterocycles. The van der Waals surface area contributed by atoms with Crippen LogP contribution >= 0.6 is 24.8 Å². The molecule has 18 heavy (non-hydrogen) atoms. The number of carboxylic acids is 1. The van der Waals surface area contributed by atoms with Crippen molar-refractivity contribution in [2.75, 3.05) is 6.54 Å². The third kappa shape index (κ3) is 7.05. The van der Waals surface area contributed by atoms with Gasteiger partial charge in [0, 0.05) is 18.3 Å². The number of rotatable bonds is 5. The number of carbonyl (C=O) groups is 2. The van der Waals surface area contributed by atoms with Crippen LogP contribution in [-0.4, -0.2) is 34.6 Å². The van der Waals surface area contributed by atoms with E-state index in [-0.39, 0.29) is 31.2 Å². The van der Waals surface area contributed by atoms with Gasteiger partial charge in [0.2, 0.25) is 5.91 Å². The average Bonchev–Trinajstić information content (AvgIpc) is 2.27. The van der Waals surface area contributed by atoms with Crippen LogP contribution in [0.5, 0.6) is 0 Å². The Hall–Kier alpha value is -1.37. The summed E-state index contributed by atoms with van der Waals surface area (Å²) >= 11 is 0. The highest BCUT2D eigenvalue weighted by molar-refractivity contribution is 5.86. The van der Waals surface area contributed by atoms with Crippen molar-refractivity contribution in [1.29, 1.82) is 0 Å². The Balaban J connectivity index is 0. The monoisotopic (exact) mass is 295 g/mol. The summed E-state index contributed by atoms with van der Waals surface area (Å²) in [4.78, 5) is 25.6. The van der Waals surface area contributed by atoms with E-state index >= 15 is 0 Å². The molecular formula is C10H15Cl2N3O3. The molecule has 0 saturated carbocycles. The van der Waals surface area contributed by atoms with Crippen LogP contribution in [0.3, 0.4) is 0 Å². The van der Waals surface area contributed by atoms with Gasteiger partial charge in [0.15, 0.2) is 0 Å². The Bertz CT molecular complexity index is 376. The topological polar surface area (TPSA) is 105 Å². The molecule has 8 heteroatoms. The van der Waals surface area contributed by atoms with E-state index in [0.717, 1.165) is 0 Å². The minimum Gasteiger partial charge on any atom is -0.480 e. The fourth-order valence-corrected chi connectivity index (χ4v) is 1.13. The van der Waals surface area contributed by atoms with Gasteiger partial charge in [-0.2, -0.15) is 0 Å². The molecule has 0 saturated heterocycles. The van der Waals surface area contributed by atoms with Crippen molar-refractivity contribution < 1.29 is 14.7 Å². The first-order valence-electron chi connectivity index (χ1n) is 4.74.